The van der Waals surface area contributed by atoms with Gasteiger partial charge in [0.2, 0.25) is 0 Å². The van der Waals surface area contributed by atoms with Gasteiger partial charge < -0.3 is 10.5 Å². The number of nitro groups is 1. The SMILES string of the molecule is Cc1cc(C)c(C2C(C#N)=C(N)N(c3ccc(Cl)cc3[N+](=O)[O-])C3=C2C(=O)CCC3)cc1COc1ccccc1Cl. The van der Waals surface area contributed by atoms with Crippen LogP contribution in [0.25, 0.3) is 0 Å². The van der Waals surface area contributed by atoms with E-state index in [-0.39, 0.29) is 40.2 Å². The van der Waals surface area contributed by atoms with Crippen LogP contribution >= 0.6 is 23.2 Å². The third-order valence-corrected chi connectivity index (χ3v) is 8.09. The fraction of sp³-hybridized carbons (Fsp3) is 0.226. The van der Waals surface area contributed by atoms with E-state index in [1.54, 1.807) is 12.1 Å². The number of anilines is 1. The number of para-hydroxylation sites is 1. The Morgan fingerprint density at radius 2 is 1.88 bits per heavy atom. The number of allylic oxidation sites excluding steroid dienone is 3. The Morgan fingerprint density at radius 1 is 1.12 bits per heavy atom. The Hall–Kier alpha value is -4.32. The van der Waals surface area contributed by atoms with Crippen molar-refractivity contribution in [3.05, 3.63) is 120 Å². The third-order valence-electron chi connectivity index (χ3n) is 7.54. The number of nitro benzene ring substituents is 1. The monoisotopic (exact) mass is 588 g/mol. The van der Waals surface area contributed by atoms with Crippen LogP contribution in [-0.2, 0) is 11.4 Å². The maximum atomic E-state index is 13.6. The van der Waals surface area contributed by atoms with E-state index < -0.39 is 10.8 Å². The van der Waals surface area contributed by atoms with Gasteiger partial charge in [0.05, 0.1) is 27.5 Å². The Labute approximate surface area is 247 Å². The zero-order chi connectivity index (χ0) is 29.4. The lowest BCUT2D eigenvalue weighted by molar-refractivity contribution is -0.384. The number of hydrogen-bond acceptors (Lipinski definition) is 7. The highest BCUT2D eigenvalue weighted by Crippen LogP contribution is 2.49. The summed E-state index contributed by atoms with van der Waals surface area (Å²) < 4.78 is 6.01. The molecule has 2 N–H and O–H groups in total. The first kappa shape index (κ1) is 28.2. The number of halogens is 2. The van der Waals surface area contributed by atoms with Crippen LogP contribution in [-0.4, -0.2) is 10.7 Å². The van der Waals surface area contributed by atoms with Gasteiger partial charge in [0.25, 0.3) is 5.69 Å². The molecule has 1 heterocycles. The number of ether oxygens (including phenoxy) is 1. The van der Waals surface area contributed by atoms with Crippen LogP contribution in [0.1, 0.15) is 47.4 Å². The van der Waals surface area contributed by atoms with E-state index >= 15 is 0 Å². The fourth-order valence-corrected chi connectivity index (χ4v) is 5.96. The minimum atomic E-state index is -0.731. The summed E-state index contributed by atoms with van der Waals surface area (Å²) in [7, 11) is 0. The van der Waals surface area contributed by atoms with Crippen LogP contribution in [0.3, 0.4) is 0 Å². The van der Waals surface area contributed by atoms with Gasteiger partial charge in [0.1, 0.15) is 23.9 Å². The highest BCUT2D eigenvalue weighted by Gasteiger charge is 2.42. The highest BCUT2D eigenvalue weighted by atomic mass is 35.5. The lowest BCUT2D eigenvalue weighted by Crippen LogP contribution is -2.39. The summed E-state index contributed by atoms with van der Waals surface area (Å²) >= 11 is 12.4. The van der Waals surface area contributed by atoms with Crippen molar-refractivity contribution in [1.82, 2.24) is 0 Å². The molecule has 1 unspecified atom stereocenters. The molecule has 10 heteroatoms. The van der Waals surface area contributed by atoms with Gasteiger partial charge in [0.15, 0.2) is 5.78 Å². The van der Waals surface area contributed by atoms with Crippen molar-refractivity contribution < 1.29 is 14.5 Å². The average Bonchev–Trinajstić information content (AvgIpc) is 2.93. The lowest BCUT2D eigenvalue weighted by Gasteiger charge is -2.39. The summed E-state index contributed by atoms with van der Waals surface area (Å²) in [4.78, 5) is 26.5. The molecule has 0 saturated heterocycles. The quantitative estimate of drug-likeness (QED) is 0.235. The summed E-state index contributed by atoms with van der Waals surface area (Å²) in [5.74, 6) is -0.259. The standard InChI is InChI=1S/C31H26Cl2N4O4/c1-17-12-18(2)21(13-19(17)16-41-28-9-4-3-6-23(28)33)29-22(15-34)31(35)36(25-7-5-8-27(38)30(25)29)24-11-10-20(32)14-26(24)37(39)40/h3-4,6,9-14,29H,5,7-8,16,35H2,1-2H3. The Kier molecular flexibility index (Phi) is 7.76. The summed E-state index contributed by atoms with van der Waals surface area (Å²) in [5, 5.41) is 23.1. The second-order valence-electron chi connectivity index (χ2n) is 10.1. The number of benzene rings is 3. The van der Waals surface area contributed by atoms with E-state index in [4.69, 9.17) is 33.7 Å². The van der Waals surface area contributed by atoms with Gasteiger partial charge >= 0.3 is 0 Å². The molecular weight excluding hydrogens is 563 g/mol. The van der Waals surface area contributed by atoms with Crippen LogP contribution in [0.2, 0.25) is 10.0 Å². The third kappa shape index (κ3) is 5.15. The van der Waals surface area contributed by atoms with Crippen LogP contribution < -0.4 is 15.4 Å². The van der Waals surface area contributed by atoms with Gasteiger partial charge in [-0.2, -0.15) is 5.26 Å². The van der Waals surface area contributed by atoms with Crippen molar-refractivity contribution in [2.45, 2.75) is 45.6 Å². The first-order chi connectivity index (χ1) is 19.6. The molecule has 0 saturated carbocycles. The van der Waals surface area contributed by atoms with Crippen molar-refractivity contribution in [2.24, 2.45) is 5.73 Å². The minimum Gasteiger partial charge on any atom is -0.487 e. The van der Waals surface area contributed by atoms with Crippen LogP contribution in [0.15, 0.2) is 77.3 Å². The number of nitrogens with zero attached hydrogens (tertiary/aromatic N) is 3. The van der Waals surface area contributed by atoms with Gasteiger partial charge in [-0.25, -0.2) is 0 Å². The number of aryl methyl sites for hydroxylation is 2. The number of carbonyl (C=O) groups is 1. The molecule has 0 spiro atoms. The molecule has 8 nitrogen and oxygen atoms in total. The number of Topliss-reactive ketones (excluding diaryl/α,β-unsaturated/α-hetero) is 1. The Morgan fingerprint density at radius 3 is 2.59 bits per heavy atom. The number of nitriles is 1. The number of carbonyl (C=O) groups excluding carboxylic acids is 1. The molecule has 5 rings (SSSR count). The normalized spacial score (nSPS) is 16.9. The summed E-state index contributed by atoms with van der Waals surface area (Å²) in [5.41, 5.74) is 11.2. The molecule has 0 amide bonds. The molecule has 1 aliphatic carbocycles. The smallest absolute Gasteiger partial charge is 0.294 e. The fourth-order valence-electron chi connectivity index (χ4n) is 5.60. The maximum Gasteiger partial charge on any atom is 0.294 e. The van der Waals surface area contributed by atoms with Gasteiger partial charge in [-0.1, -0.05) is 47.5 Å². The lowest BCUT2D eigenvalue weighted by atomic mass is 9.74. The van der Waals surface area contributed by atoms with E-state index in [1.165, 1.54) is 23.1 Å². The molecule has 41 heavy (non-hydrogen) atoms. The topological polar surface area (TPSA) is 122 Å². The number of ketones is 1. The summed E-state index contributed by atoms with van der Waals surface area (Å²) in [6.45, 7) is 4.12. The molecule has 208 valence electrons. The molecule has 1 aliphatic heterocycles. The van der Waals surface area contributed by atoms with Crippen LogP contribution in [0.5, 0.6) is 5.75 Å². The molecular formula is C31H26Cl2N4O4. The summed E-state index contributed by atoms with van der Waals surface area (Å²) in [6.07, 6.45) is 1.32. The molecule has 3 aromatic rings. The second-order valence-corrected chi connectivity index (χ2v) is 10.9. The van der Waals surface area contributed by atoms with Crippen molar-refractivity contribution >= 4 is 40.4 Å². The van der Waals surface area contributed by atoms with Crippen molar-refractivity contribution in [3.63, 3.8) is 0 Å². The molecule has 0 radical (unpaired) electrons. The second kappa shape index (κ2) is 11.3. The highest BCUT2D eigenvalue weighted by molar-refractivity contribution is 6.32. The van der Waals surface area contributed by atoms with Gasteiger partial charge in [-0.15, -0.1) is 0 Å². The number of nitrogens with two attached hydrogens (primary N) is 1. The summed E-state index contributed by atoms with van der Waals surface area (Å²) in [6, 6.07) is 17.6. The Bertz CT molecular complexity index is 1710. The van der Waals surface area contributed by atoms with E-state index in [0.717, 1.165) is 22.3 Å². The molecule has 0 bridgehead atoms. The average molecular weight is 589 g/mol. The predicted molar refractivity (Wildman–Crippen MR) is 158 cm³/mol. The molecule has 3 aromatic carbocycles. The van der Waals surface area contributed by atoms with Gasteiger partial charge in [0, 0.05) is 28.8 Å². The van der Waals surface area contributed by atoms with E-state index in [1.807, 2.05) is 38.1 Å². The predicted octanol–water partition coefficient (Wildman–Crippen LogP) is 7.40. The van der Waals surface area contributed by atoms with Crippen molar-refractivity contribution in [3.8, 4) is 11.8 Å². The molecule has 0 fully saturated rings. The largest absolute Gasteiger partial charge is 0.487 e. The molecule has 2 aliphatic rings. The van der Waals surface area contributed by atoms with Crippen LogP contribution in [0, 0.1) is 35.3 Å². The van der Waals surface area contributed by atoms with E-state index in [0.29, 0.717) is 41.3 Å². The van der Waals surface area contributed by atoms with Gasteiger partial charge in [-0.05, 0) is 73.2 Å². The zero-order valence-corrected chi connectivity index (χ0v) is 23.9. The van der Waals surface area contributed by atoms with E-state index in [9.17, 15) is 20.2 Å². The Balaban J connectivity index is 1.67. The minimum absolute atomic E-state index is 0.0465. The first-order valence-corrected chi connectivity index (χ1v) is 13.7. The zero-order valence-electron chi connectivity index (χ0n) is 22.4. The van der Waals surface area contributed by atoms with Crippen LogP contribution in [0.4, 0.5) is 11.4 Å². The molecule has 0 aromatic heterocycles. The first-order valence-electron chi connectivity index (χ1n) is 13.0. The van der Waals surface area contributed by atoms with Crippen molar-refractivity contribution in [1.29, 1.82) is 5.26 Å². The number of rotatable bonds is 6. The number of hydrogen-bond donors (Lipinski definition) is 1. The van der Waals surface area contributed by atoms with Gasteiger partial charge in [-0.3, -0.25) is 19.8 Å². The maximum absolute atomic E-state index is 13.6. The van der Waals surface area contributed by atoms with E-state index in [2.05, 4.69) is 6.07 Å². The van der Waals surface area contributed by atoms with Crippen molar-refractivity contribution in [2.75, 3.05) is 4.90 Å². The molecule has 1 atom stereocenters.